The van der Waals surface area contributed by atoms with Gasteiger partial charge in [-0.15, -0.1) is 0 Å². The minimum Gasteiger partial charge on any atom is -0.338 e. The molecule has 1 aromatic heterocycles. The first-order valence-corrected chi connectivity index (χ1v) is 6.66. The molecule has 3 rings (SSSR count). The first kappa shape index (κ1) is 11.0. The average molecular weight is 236 g/mol. The minimum absolute atomic E-state index is 0.372. The van der Waals surface area contributed by atoms with Crippen molar-refractivity contribution in [3.8, 4) is 0 Å². The van der Waals surface area contributed by atoms with Crippen LogP contribution in [0.4, 0.5) is 5.95 Å². The topological polar surface area (TPSA) is 68.2 Å². The van der Waals surface area contributed by atoms with E-state index < -0.39 is 0 Å². The molecule has 1 aliphatic carbocycles. The molecule has 1 aliphatic heterocycles. The number of hydrogen-bond donors (Lipinski definition) is 1. The van der Waals surface area contributed by atoms with Crippen molar-refractivity contribution in [2.45, 2.75) is 50.5 Å². The van der Waals surface area contributed by atoms with Crippen molar-refractivity contribution in [1.29, 1.82) is 0 Å². The van der Waals surface area contributed by atoms with Crippen LogP contribution in [0.2, 0.25) is 0 Å². The average Bonchev–Trinajstić information content (AvgIpc) is 3.01. The smallest absolute Gasteiger partial charge is 0.266 e. The predicted molar refractivity (Wildman–Crippen MR) is 64.7 cm³/mol. The first-order valence-electron chi connectivity index (χ1n) is 6.66. The molecule has 1 aromatic rings. The van der Waals surface area contributed by atoms with Gasteiger partial charge in [0, 0.05) is 13.1 Å². The summed E-state index contributed by atoms with van der Waals surface area (Å²) in [6.07, 6.45) is 7.97. The highest BCUT2D eigenvalue weighted by atomic mass is 16.5. The third-order valence-electron chi connectivity index (χ3n) is 3.98. The molecule has 0 radical (unpaired) electrons. The number of nitrogens with zero attached hydrogens (tertiary/aromatic N) is 3. The first-order chi connectivity index (χ1) is 8.28. The maximum atomic E-state index is 6.38. The summed E-state index contributed by atoms with van der Waals surface area (Å²) in [4.78, 5) is 6.69. The van der Waals surface area contributed by atoms with E-state index in [1.807, 2.05) is 0 Å². The molecule has 0 unspecified atom stereocenters. The fraction of sp³-hybridized carbons (Fsp3) is 0.833. The van der Waals surface area contributed by atoms with Crippen LogP contribution < -0.4 is 10.6 Å². The van der Waals surface area contributed by atoms with Crippen molar-refractivity contribution in [2.75, 3.05) is 18.0 Å². The Hall–Kier alpha value is -1.10. The molecule has 2 heterocycles. The van der Waals surface area contributed by atoms with E-state index in [1.54, 1.807) is 0 Å². The third kappa shape index (κ3) is 2.04. The van der Waals surface area contributed by atoms with Gasteiger partial charge in [0.15, 0.2) is 0 Å². The predicted octanol–water partition coefficient (Wildman–Crippen LogP) is 1.79. The summed E-state index contributed by atoms with van der Waals surface area (Å²) >= 11 is 0. The molecule has 0 atom stereocenters. The Labute approximate surface area is 101 Å². The largest absolute Gasteiger partial charge is 0.338 e. The standard InChI is InChI=1S/C12H20N4O/c13-12(6-2-1-3-7-12)10-14-11(15-17-10)16-8-4-5-9-16/h1-9,13H2. The molecule has 0 aromatic carbocycles. The van der Waals surface area contributed by atoms with Gasteiger partial charge in [-0.2, -0.15) is 4.98 Å². The lowest BCUT2D eigenvalue weighted by molar-refractivity contribution is 0.220. The lowest BCUT2D eigenvalue weighted by atomic mass is 9.82. The summed E-state index contributed by atoms with van der Waals surface area (Å²) in [5, 5.41) is 4.08. The van der Waals surface area contributed by atoms with Crippen LogP contribution in [0.15, 0.2) is 4.52 Å². The summed E-state index contributed by atoms with van der Waals surface area (Å²) in [6.45, 7) is 2.08. The normalized spacial score (nSPS) is 24.2. The summed E-state index contributed by atoms with van der Waals surface area (Å²) in [7, 11) is 0. The van der Waals surface area contributed by atoms with Crippen molar-refractivity contribution in [2.24, 2.45) is 5.73 Å². The van der Waals surface area contributed by atoms with Crippen LogP contribution in [0.3, 0.4) is 0 Å². The Bertz CT molecular complexity index is 378. The van der Waals surface area contributed by atoms with Crippen LogP contribution in [-0.2, 0) is 5.54 Å². The third-order valence-corrected chi connectivity index (χ3v) is 3.98. The second kappa shape index (κ2) is 4.29. The molecule has 0 spiro atoms. The molecular formula is C12H20N4O. The molecule has 2 aliphatic rings. The van der Waals surface area contributed by atoms with Gasteiger partial charge in [0.25, 0.3) is 5.95 Å². The highest BCUT2D eigenvalue weighted by molar-refractivity contribution is 5.29. The van der Waals surface area contributed by atoms with Crippen molar-refractivity contribution in [1.82, 2.24) is 10.1 Å². The number of rotatable bonds is 2. The van der Waals surface area contributed by atoms with Crippen LogP contribution in [0.25, 0.3) is 0 Å². The summed E-state index contributed by atoms with van der Waals surface area (Å²) < 4.78 is 5.39. The van der Waals surface area contributed by atoms with Crippen LogP contribution in [0.5, 0.6) is 0 Å². The van der Waals surface area contributed by atoms with Gasteiger partial charge in [-0.3, -0.25) is 0 Å². The van der Waals surface area contributed by atoms with E-state index in [1.165, 1.54) is 19.3 Å². The fourth-order valence-corrected chi connectivity index (χ4v) is 2.86. The number of aromatic nitrogens is 2. The molecule has 0 bridgehead atoms. The van der Waals surface area contributed by atoms with Crippen LogP contribution in [-0.4, -0.2) is 23.2 Å². The molecular weight excluding hydrogens is 216 g/mol. The fourth-order valence-electron chi connectivity index (χ4n) is 2.86. The Balaban J connectivity index is 1.78. The van der Waals surface area contributed by atoms with Crippen molar-refractivity contribution in [3.63, 3.8) is 0 Å². The molecule has 2 fully saturated rings. The van der Waals surface area contributed by atoms with Gasteiger partial charge in [-0.1, -0.05) is 19.3 Å². The van der Waals surface area contributed by atoms with E-state index in [-0.39, 0.29) is 5.54 Å². The van der Waals surface area contributed by atoms with Crippen molar-refractivity contribution >= 4 is 5.95 Å². The number of nitrogens with two attached hydrogens (primary N) is 1. The van der Waals surface area contributed by atoms with E-state index in [9.17, 15) is 0 Å². The molecule has 2 N–H and O–H groups in total. The Kier molecular flexibility index (Phi) is 2.78. The van der Waals surface area contributed by atoms with Crippen LogP contribution >= 0.6 is 0 Å². The zero-order chi connectivity index (χ0) is 11.7. The Morgan fingerprint density at radius 1 is 1.06 bits per heavy atom. The summed E-state index contributed by atoms with van der Waals surface area (Å²) in [6, 6.07) is 0. The maximum absolute atomic E-state index is 6.38. The van der Waals surface area contributed by atoms with Gasteiger partial charge in [-0.25, -0.2) is 0 Å². The van der Waals surface area contributed by atoms with Gasteiger partial charge < -0.3 is 15.2 Å². The van der Waals surface area contributed by atoms with Gasteiger partial charge in [0.05, 0.1) is 5.54 Å². The minimum atomic E-state index is -0.372. The number of anilines is 1. The monoisotopic (exact) mass is 236 g/mol. The van der Waals surface area contributed by atoms with Gasteiger partial charge >= 0.3 is 0 Å². The molecule has 5 nitrogen and oxygen atoms in total. The van der Waals surface area contributed by atoms with Gasteiger partial charge in [0.1, 0.15) is 0 Å². The molecule has 1 saturated heterocycles. The number of hydrogen-bond acceptors (Lipinski definition) is 5. The van der Waals surface area contributed by atoms with E-state index in [0.29, 0.717) is 5.89 Å². The van der Waals surface area contributed by atoms with E-state index >= 15 is 0 Å². The second-order valence-electron chi connectivity index (χ2n) is 5.31. The second-order valence-corrected chi connectivity index (χ2v) is 5.31. The van der Waals surface area contributed by atoms with Crippen LogP contribution in [0, 0.1) is 0 Å². The SMILES string of the molecule is NC1(c2nc(N3CCCC3)no2)CCCCC1. The van der Waals surface area contributed by atoms with Gasteiger partial charge in [-0.05, 0) is 30.8 Å². The van der Waals surface area contributed by atoms with Crippen LogP contribution in [0.1, 0.15) is 50.8 Å². The highest BCUT2D eigenvalue weighted by Crippen LogP contribution is 2.34. The quantitative estimate of drug-likeness (QED) is 0.847. The zero-order valence-electron chi connectivity index (χ0n) is 10.2. The van der Waals surface area contributed by atoms with Crippen molar-refractivity contribution in [3.05, 3.63) is 5.89 Å². The molecule has 5 heteroatoms. The highest BCUT2D eigenvalue weighted by Gasteiger charge is 2.35. The summed E-state index contributed by atoms with van der Waals surface area (Å²) in [5.74, 6) is 1.37. The van der Waals surface area contributed by atoms with Crippen molar-refractivity contribution < 1.29 is 4.52 Å². The molecule has 0 amide bonds. The lowest BCUT2D eigenvalue weighted by Crippen LogP contribution is -2.39. The summed E-state index contributed by atoms with van der Waals surface area (Å²) in [5.41, 5.74) is 6.01. The zero-order valence-corrected chi connectivity index (χ0v) is 10.2. The molecule has 17 heavy (non-hydrogen) atoms. The molecule has 94 valence electrons. The lowest BCUT2D eigenvalue weighted by Gasteiger charge is -2.29. The molecule has 1 saturated carbocycles. The van der Waals surface area contributed by atoms with Gasteiger partial charge in [0.2, 0.25) is 5.89 Å². The maximum Gasteiger partial charge on any atom is 0.266 e. The van der Waals surface area contributed by atoms with E-state index in [4.69, 9.17) is 10.3 Å². The Morgan fingerprint density at radius 3 is 2.47 bits per heavy atom. The van der Waals surface area contributed by atoms with E-state index in [2.05, 4.69) is 15.0 Å². The van der Waals surface area contributed by atoms with E-state index in [0.717, 1.165) is 44.7 Å². The Morgan fingerprint density at radius 2 is 1.76 bits per heavy atom.